The van der Waals surface area contributed by atoms with E-state index in [4.69, 9.17) is 4.74 Å². The van der Waals surface area contributed by atoms with Gasteiger partial charge in [0.05, 0.1) is 5.69 Å². The Labute approximate surface area is 117 Å². The van der Waals surface area contributed by atoms with Crippen molar-refractivity contribution in [2.45, 2.75) is 52.1 Å². The van der Waals surface area contributed by atoms with E-state index in [2.05, 4.69) is 4.98 Å². The zero-order chi connectivity index (χ0) is 15.3. The molecule has 1 N–H and O–H groups in total. The summed E-state index contributed by atoms with van der Waals surface area (Å²) in [6.07, 6.45) is 2.72. The number of hydrogen-bond acceptors (Lipinski definition) is 4. The van der Waals surface area contributed by atoms with Gasteiger partial charge in [-0.3, -0.25) is 4.79 Å². The lowest BCUT2D eigenvalue weighted by Gasteiger charge is -2.19. The number of ether oxygens (including phenoxy) is 1. The Balaban J connectivity index is 2.26. The van der Waals surface area contributed by atoms with Gasteiger partial charge in [0.2, 0.25) is 0 Å². The average Bonchev–Trinajstić information content (AvgIpc) is 2.68. The number of hydrogen-bond donors (Lipinski definition) is 1. The van der Waals surface area contributed by atoms with E-state index in [0.717, 1.165) is 0 Å². The topological polar surface area (TPSA) is 81.4 Å². The predicted octanol–water partition coefficient (Wildman–Crippen LogP) is 2.42. The molecular formula is C14H20N2O4. The molecular weight excluding hydrogens is 260 g/mol. The van der Waals surface area contributed by atoms with E-state index in [1.165, 1.54) is 17.1 Å². The molecule has 20 heavy (non-hydrogen) atoms. The van der Waals surface area contributed by atoms with Gasteiger partial charge < -0.3 is 9.84 Å². The Kier molecular flexibility index (Phi) is 2.96. The molecule has 1 saturated carbocycles. The van der Waals surface area contributed by atoms with Gasteiger partial charge in [-0.2, -0.15) is 0 Å². The molecule has 110 valence electrons. The zero-order valence-corrected chi connectivity index (χ0v) is 12.4. The Morgan fingerprint density at radius 3 is 2.35 bits per heavy atom. The molecule has 2 rings (SSSR count). The number of nitrogens with zero attached hydrogens (tertiary/aromatic N) is 2. The molecule has 1 heterocycles. The van der Waals surface area contributed by atoms with Crippen molar-refractivity contribution in [3.05, 3.63) is 18.2 Å². The highest BCUT2D eigenvalue weighted by atomic mass is 16.6. The van der Waals surface area contributed by atoms with Crippen LogP contribution in [-0.4, -0.2) is 32.3 Å². The van der Waals surface area contributed by atoms with Crippen molar-refractivity contribution in [3.63, 3.8) is 0 Å². The van der Waals surface area contributed by atoms with Crippen LogP contribution in [0.25, 0.3) is 0 Å². The van der Waals surface area contributed by atoms with E-state index in [1.54, 1.807) is 20.8 Å². The van der Waals surface area contributed by atoms with Crippen LogP contribution in [0.3, 0.4) is 0 Å². The first-order valence-corrected chi connectivity index (χ1v) is 6.51. The molecule has 0 aliphatic heterocycles. The molecule has 0 amide bonds. The number of aromatic nitrogens is 2. The highest BCUT2D eigenvalue weighted by Gasteiger charge is 2.69. The second-order valence-corrected chi connectivity index (χ2v) is 6.92. The Morgan fingerprint density at radius 1 is 1.40 bits per heavy atom. The third kappa shape index (κ3) is 2.19. The van der Waals surface area contributed by atoms with Gasteiger partial charge in [-0.15, -0.1) is 0 Å². The van der Waals surface area contributed by atoms with Crippen LogP contribution in [0.5, 0.6) is 0 Å². The quantitative estimate of drug-likeness (QED) is 0.899. The summed E-state index contributed by atoms with van der Waals surface area (Å²) in [4.78, 5) is 27.5. The summed E-state index contributed by atoms with van der Waals surface area (Å²) in [5, 5.41) is 9.46. The number of aliphatic carboxylic acids is 1. The number of carboxylic acid groups (broad SMARTS) is 1. The van der Waals surface area contributed by atoms with Crippen LogP contribution in [0.4, 0.5) is 4.79 Å². The standard InChI is InChI=1S/C14H20N2O4/c1-12(2,3)20-11(19)16-6-9(15-8-16)14(10(17)18)7-13(14,4)5/h6,8H,7H2,1-5H3,(H,17,18). The van der Waals surface area contributed by atoms with Crippen molar-refractivity contribution in [1.82, 2.24) is 9.55 Å². The van der Waals surface area contributed by atoms with Gasteiger partial charge in [0.15, 0.2) is 0 Å². The van der Waals surface area contributed by atoms with E-state index in [-0.39, 0.29) is 5.41 Å². The van der Waals surface area contributed by atoms with Crippen molar-refractivity contribution < 1.29 is 19.4 Å². The minimum Gasteiger partial charge on any atom is -0.481 e. The number of carbonyl (C=O) groups excluding carboxylic acids is 1. The first kappa shape index (κ1) is 14.6. The lowest BCUT2D eigenvalue weighted by atomic mass is 9.93. The number of carboxylic acids is 1. The van der Waals surface area contributed by atoms with Gasteiger partial charge in [0.25, 0.3) is 0 Å². The summed E-state index contributed by atoms with van der Waals surface area (Å²) in [6.45, 7) is 9.07. The minimum absolute atomic E-state index is 0.355. The van der Waals surface area contributed by atoms with E-state index in [0.29, 0.717) is 12.1 Å². The Hall–Kier alpha value is -1.85. The van der Waals surface area contributed by atoms with Crippen LogP contribution in [0.1, 0.15) is 46.7 Å². The minimum atomic E-state index is -1.000. The Morgan fingerprint density at radius 2 is 1.95 bits per heavy atom. The lowest BCUT2D eigenvalue weighted by molar-refractivity contribution is -0.141. The molecule has 6 nitrogen and oxygen atoms in total. The fraction of sp³-hybridized carbons (Fsp3) is 0.643. The lowest BCUT2D eigenvalue weighted by Crippen LogP contribution is -2.27. The molecule has 1 aliphatic carbocycles. The average molecular weight is 280 g/mol. The van der Waals surface area contributed by atoms with Crippen LogP contribution in [0.2, 0.25) is 0 Å². The summed E-state index contributed by atoms with van der Waals surface area (Å²) in [7, 11) is 0. The molecule has 1 aromatic heterocycles. The molecule has 0 saturated heterocycles. The van der Waals surface area contributed by atoms with E-state index in [1.807, 2.05) is 13.8 Å². The van der Waals surface area contributed by atoms with Gasteiger partial charge in [0, 0.05) is 6.20 Å². The van der Waals surface area contributed by atoms with Crippen LogP contribution < -0.4 is 0 Å². The highest BCUT2D eigenvalue weighted by Crippen LogP contribution is 2.63. The molecule has 1 aliphatic rings. The maximum absolute atomic E-state index is 11.9. The summed E-state index contributed by atoms with van der Waals surface area (Å²) < 4.78 is 6.41. The van der Waals surface area contributed by atoms with Gasteiger partial charge in [0.1, 0.15) is 17.3 Å². The predicted molar refractivity (Wildman–Crippen MR) is 71.6 cm³/mol. The highest BCUT2D eigenvalue weighted by molar-refractivity contribution is 5.86. The van der Waals surface area contributed by atoms with Crippen molar-refractivity contribution in [3.8, 4) is 0 Å². The van der Waals surface area contributed by atoms with Crippen molar-refractivity contribution in [2.75, 3.05) is 0 Å². The fourth-order valence-corrected chi connectivity index (χ4v) is 2.49. The van der Waals surface area contributed by atoms with Gasteiger partial charge in [-0.05, 0) is 32.6 Å². The molecule has 0 bridgehead atoms. The number of rotatable bonds is 2. The molecule has 0 radical (unpaired) electrons. The van der Waals surface area contributed by atoms with E-state index in [9.17, 15) is 14.7 Å². The SMILES string of the molecule is CC(C)(C)OC(=O)n1cnc(C2(C(=O)O)CC2(C)C)c1. The van der Waals surface area contributed by atoms with Crippen molar-refractivity contribution >= 4 is 12.1 Å². The molecule has 1 unspecified atom stereocenters. The van der Waals surface area contributed by atoms with Gasteiger partial charge in [-0.25, -0.2) is 14.3 Å². The molecule has 1 fully saturated rings. The van der Waals surface area contributed by atoms with Gasteiger partial charge in [-0.1, -0.05) is 13.8 Å². The molecule has 0 aromatic carbocycles. The summed E-state index contributed by atoms with van der Waals surface area (Å²) in [5.74, 6) is -0.906. The largest absolute Gasteiger partial charge is 0.481 e. The molecule has 1 aromatic rings. The summed E-state index contributed by atoms with van der Waals surface area (Å²) in [6, 6.07) is 0. The van der Waals surface area contributed by atoms with E-state index < -0.39 is 23.1 Å². The Bertz CT molecular complexity index is 568. The van der Waals surface area contributed by atoms with Crippen molar-refractivity contribution in [2.24, 2.45) is 5.41 Å². The maximum atomic E-state index is 11.9. The van der Waals surface area contributed by atoms with Gasteiger partial charge >= 0.3 is 12.1 Å². The second kappa shape index (κ2) is 4.07. The van der Waals surface area contributed by atoms with Crippen LogP contribution >= 0.6 is 0 Å². The smallest absolute Gasteiger partial charge is 0.419 e. The normalized spacial score (nSPS) is 24.2. The number of carbonyl (C=O) groups is 2. The van der Waals surface area contributed by atoms with Crippen LogP contribution in [0, 0.1) is 5.41 Å². The molecule has 1 atom stereocenters. The first-order valence-electron chi connectivity index (χ1n) is 6.51. The van der Waals surface area contributed by atoms with Crippen LogP contribution in [-0.2, 0) is 14.9 Å². The summed E-state index contributed by atoms with van der Waals surface area (Å²) in [5.41, 5.74) is -1.56. The second-order valence-electron chi connectivity index (χ2n) is 6.92. The van der Waals surface area contributed by atoms with Crippen molar-refractivity contribution in [1.29, 1.82) is 0 Å². The molecule has 6 heteroatoms. The third-order valence-corrected chi connectivity index (χ3v) is 3.73. The monoisotopic (exact) mass is 280 g/mol. The summed E-state index contributed by atoms with van der Waals surface area (Å²) >= 11 is 0. The molecule has 0 spiro atoms. The van der Waals surface area contributed by atoms with Crippen LogP contribution in [0.15, 0.2) is 12.5 Å². The number of imidazole rings is 1. The fourth-order valence-electron chi connectivity index (χ4n) is 2.49. The third-order valence-electron chi connectivity index (χ3n) is 3.73. The first-order chi connectivity index (χ1) is 8.99. The van der Waals surface area contributed by atoms with E-state index >= 15 is 0 Å². The zero-order valence-electron chi connectivity index (χ0n) is 12.4. The maximum Gasteiger partial charge on any atom is 0.419 e.